The van der Waals surface area contributed by atoms with Crippen molar-refractivity contribution in [3.63, 3.8) is 0 Å². The van der Waals surface area contributed by atoms with Gasteiger partial charge in [-0.15, -0.1) is 0 Å². The SMILES string of the molecule is C/C=[C](/CO)[Sn]([CH2]CCC)([CH2]CCC)[CH2]CCC. The first-order valence-electron chi connectivity index (χ1n) is 7.97. The predicted molar refractivity (Wildman–Crippen MR) is 85.7 cm³/mol. The summed E-state index contributed by atoms with van der Waals surface area (Å²) in [6.07, 6.45) is 10.3. The van der Waals surface area contributed by atoms with Gasteiger partial charge in [-0.25, -0.2) is 0 Å². The molecule has 1 nitrogen and oxygen atoms in total. The van der Waals surface area contributed by atoms with Crippen molar-refractivity contribution in [3.05, 3.63) is 9.67 Å². The van der Waals surface area contributed by atoms with E-state index in [0.29, 0.717) is 6.61 Å². The molecule has 0 heterocycles. The van der Waals surface area contributed by atoms with Crippen molar-refractivity contribution in [3.8, 4) is 0 Å². The number of unbranched alkanes of at least 4 members (excludes halogenated alkanes) is 3. The van der Waals surface area contributed by atoms with Crippen LogP contribution in [0.4, 0.5) is 0 Å². The van der Waals surface area contributed by atoms with E-state index in [0.717, 1.165) is 0 Å². The van der Waals surface area contributed by atoms with E-state index in [4.69, 9.17) is 0 Å². The van der Waals surface area contributed by atoms with Crippen LogP contribution in [0.25, 0.3) is 0 Å². The molecule has 0 radical (unpaired) electrons. The average molecular weight is 361 g/mol. The van der Waals surface area contributed by atoms with Gasteiger partial charge in [-0.05, 0) is 0 Å². The van der Waals surface area contributed by atoms with Crippen LogP contribution in [0.15, 0.2) is 9.67 Å². The Kier molecular flexibility index (Phi) is 11.6. The first-order valence-corrected chi connectivity index (χ1v) is 15.4. The summed E-state index contributed by atoms with van der Waals surface area (Å²) in [5, 5.41) is 9.74. The zero-order chi connectivity index (χ0) is 13.9. The molecular formula is C16H34OSn. The topological polar surface area (TPSA) is 20.2 Å². The molecule has 1 N–H and O–H groups in total. The summed E-state index contributed by atoms with van der Waals surface area (Å²) in [5.41, 5.74) is 0. The Balaban J connectivity index is 4.96. The van der Waals surface area contributed by atoms with Gasteiger partial charge < -0.3 is 0 Å². The molecule has 0 aliphatic carbocycles. The average Bonchev–Trinajstić information content (AvgIpc) is 2.41. The molecule has 0 saturated heterocycles. The Morgan fingerprint density at radius 3 is 1.50 bits per heavy atom. The van der Waals surface area contributed by atoms with E-state index in [1.807, 2.05) is 0 Å². The summed E-state index contributed by atoms with van der Waals surface area (Å²) in [6.45, 7) is 9.37. The molecule has 0 rings (SSSR count). The molecule has 0 fully saturated rings. The fourth-order valence-electron chi connectivity index (χ4n) is 2.97. The second-order valence-corrected chi connectivity index (χ2v) is 19.0. The van der Waals surface area contributed by atoms with E-state index in [1.165, 1.54) is 55.4 Å². The van der Waals surface area contributed by atoms with Gasteiger partial charge in [-0.3, -0.25) is 0 Å². The second-order valence-electron chi connectivity index (χ2n) is 5.56. The molecule has 0 aromatic carbocycles. The molecule has 0 aromatic heterocycles. The van der Waals surface area contributed by atoms with Crippen LogP contribution in [0.1, 0.15) is 66.2 Å². The standard InChI is InChI=1S/C4H7O.3C4H9.Sn/c1-2-3-4-5;3*1-3-4-2;/h2,5H,4H2,1H3;3*1,3-4H2,2H3;. The molecule has 0 amide bonds. The summed E-state index contributed by atoms with van der Waals surface area (Å²) in [4.78, 5) is 0. The van der Waals surface area contributed by atoms with E-state index in [2.05, 4.69) is 33.8 Å². The second kappa shape index (κ2) is 11.3. The molecule has 0 aromatic rings. The van der Waals surface area contributed by atoms with E-state index < -0.39 is 18.4 Å². The molecule has 0 saturated carbocycles. The molecule has 0 unspecified atom stereocenters. The van der Waals surface area contributed by atoms with Gasteiger partial charge in [0.2, 0.25) is 0 Å². The zero-order valence-electron chi connectivity index (χ0n) is 13.1. The van der Waals surface area contributed by atoms with Gasteiger partial charge in [0.25, 0.3) is 0 Å². The van der Waals surface area contributed by atoms with Crippen LogP contribution in [0, 0.1) is 0 Å². The number of aliphatic hydroxyl groups is 1. The van der Waals surface area contributed by atoms with E-state index in [9.17, 15) is 5.11 Å². The van der Waals surface area contributed by atoms with Gasteiger partial charge in [-0.2, -0.15) is 0 Å². The summed E-state index contributed by atoms with van der Waals surface area (Å²) in [7, 11) is 0. The molecule has 0 atom stereocenters. The van der Waals surface area contributed by atoms with Crippen molar-refractivity contribution in [2.45, 2.75) is 79.5 Å². The minimum atomic E-state index is -2.23. The quantitative estimate of drug-likeness (QED) is 0.495. The molecule has 0 spiro atoms. The molecule has 0 aliphatic heterocycles. The fraction of sp³-hybridized carbons (Fsp3) is 0.875. The van der Waals surface area contributed by atoms with Crippen molar-refractivity contribution < 1.29 is 5.11 Å². The van der Waals surface area contributed by atoms with Crippen molar-refractivity contribution >= 4 is 18.4 Å². The molecular weight excluding hydrogens is 327 g/mol. The van der Waals surface area contributed by atoms with Gasteiger partial charge in [-0.1, -0.05) is 0 Å². The van der Waals surface area contributed by atoms with Gasteiger partial charge in [0.15, 0.2) is 0 Å². The van der Waals surface area contributed by atoms with Crippen LogP contribution in [-0.2, 0) is 0 Å². The summed E-state index contributed by atoms with van der Waals surface area (Å²) < 4.78 is 5.89. The summed E-state index contributed by atoms with van der Waals surface area (Å²) in [6, 6.07) is 0. The Morgan fingerprint density at radius 1 is 0.889 bits per heavy atom. The van der Waals surface area contributed by atoms with E-state index in [-0.39, 0.29) is 0 Å². The van der Waals surface area contributed by atoms with Crippen molar-refractivity contribution in [2.75, 3.05) is 6.61 Å². The number of aliphatic hydroxyl groups excluding tert-OH is 1. The summed E-state index contributed by atoms with van der Waals surface area (Å²) in [5.74, 6) is 0. The molecule has 18 heavy (non-hydrogen) atoms. The van der Waals surface area contributed by atoms with Gasteiger partial charge in [0, 0.05) is 0 Å². The van der Waals surface area contributed by atoms with Crippen molar-refractivity contribution in [1.29, 1.82) is 0 Å². The predicted octanol–water partition coefficient (Wildman–Crippen LogP) is 5.31. The Morgan fingerprint density at radius 2 is 1.28 bits per heavy atom. The van der Waals surface area contributed by atoms with Crippen molar-refractivity contribution in [1.82, 2.24) is 0 Å². The van der Waals surface area contributed by atoms with Crippen LogP contribution in [0.5, 0.6) is 0 Å². The maximum atomic E-state index is 9.74. The molecule has 2 heteroatoms. The van der Waals surface area contributed by atoms with Crippen LogP contribution < -0.4 is 0 Å². The van der Waals surface area contributed by atoms with Crippen LogP contribution in [0.3, 0.4) is 0 Å². The zero-order valence-corrected chi connectivity index (χ0v) is 15.9. The third kappa shape index (κ3) is 6.10. The van der Waals surface area contributed by atoms with Crippen LogP contribution in [0.2, 0.25) is 13.3 Å². The first-order chi connectivity index (χ1) is 8.70. The van der Waals surface area contributed by atoms with Crippen molar-refractivity contribution in [2.24, 2.45) is 0 Å². The fourth-order valence-corrected chi connectivity index (χ4v) is 19.4. The molecule has 108 valence electrons. The molecule has 0 bridgehead atoms. The minimum absolute atomic E-state index is 0.337. The number of allylic oxidation sites excluding steroid dienone is 1. The maximum absolute atomic E-state index is 9.74. The number of rotatable bonds is 11. The molecule has 0 aliphatic rings. The monoisotopic (exact) mass is 362 g/mol. The number of hydrogen-bond donors (Lipinski definition) is 1. The Labute approximate surface area is 119 Å². The van der Waals surface area contributed by atoms with Crippen LogP contribution >= 0.6 is 0 Å². The normalized spacial score (nSPS) is 13.1. The number of hydrogen-bond acceptors (Lipinski definition) is 1. The van der Waals surface area contributed by atoms with Gasteiger partial charge in [0.05, 0.1) is 0 Å². The third-order valence-corrected chi connectivity index (χ3v) is 20.6. The third-order valence-electron chi connectivity index (χ3n) is 4.23. The first kappa shape index (κ1) is 18.5. The Bertz CT molecular complexity index is 201. The Hall–Kier alpha value is 0.499. The van der Waals surface area contributed by atoms with Crippen LogP contribution in [-0.4, -0.2) is 30.1 Å². The van der Waals surface area contributed by atoms with E-state index in [1.54, 1.807) is 0 Å². The van der Waals surface area contributed by atoms with Gasteiger partial charge >= 0.3 is 119 Å². The van der Waals surface area contributed by atoms with Gasteiger partial charge in [0.1, 0.15) is 0 Å². The summed E-state index contributed by atoms with van der Waals surface area (Å²) >= 11 is -2.23. The van der Waals surface area contributed by atoms with E-state index >= 15 is 0 Å².